The number of Topliss-reactive ketones (excluding diaryl/α,β-unsaturated/α-hetero) is 1. The van der Waals surface area contributed by atoms with Crippen LogP contribution in [0, 0.1) is 11.8 Å². The van der Waals surface area contributed by atoms with Crippen LogP contribution in [0.2, 0.25) is 5.02 Å². The average Bonchev–Trinajstić information content (AvgIpc) is 2.53. The molecule has 1 N–H and O–H groups in total. The summed E-state index contributed by atoms with van der Waals surface area (Å²) < 4.78 is 5.39. The summed E-state index contributed by atoms with van der Waals surface area (Å²) in [6, 6.07) is 7.64. The van der Waals surface area contributed by atoms with Gasteiger partial charge in [0.15, 0.2) is 5.78 Å². The lowest BCUT2D eigenvalue weighted by molar-refractivity contribution is -0.124. The van der Waals surface area contributed by atoms with Gasteiger partial charge in [0.2, 0.25) is 0 Å². The van der Waals surface area contributed by atoms with Gasteiger partial charge in [-0.25, -0.2) is 0 Å². The summed E-state index contributed by atoms with van der Waals surface area (Å²) in [5, 5.41) is 4.22. The molecule has 0 bridgehead atoms. The van der Waals surface area contributed by atoms with Crippen molar-refractivity contribution in [3.8, 4) is 0 Å². The molecule has 0 unspecified atom stereocenters. The Balaban J connectivity index is 1.95. The van der Waals surface area contributed by atoms with Crippen LogP contribution in [-0.4, -0.2) is 31.6 Å². The maximum atomic E-state index is 12.5. The summed E-state index contributed by atoms with van der Waals surface area (Å²) in [6.45, 7) is 6.50. The Morgan fingerprint density at radius 1 is 1.27 bits per heavy atom. The van der Waals surface area contributed by atoms with Crippen molar-refractivity contribution in [1.82, 2.24) is 5.32 Å². The fraction of sp³-hybridized carbons (Fsp3) is 0.611. The van der Waals surface area contributed by atoms with Crippen molar-refractivity contribution in [2.24, 2.45) is 11.8 Å². The predicted molar refractivity (Wildman–Crippen MR) is 90.3 cm³/mol. The summed E-state index contributed by atoms with van der Waals surface area (Å²) in [7, 11) is 0. The molecule has 1 aromatic rings. The topological polar surface area (TPSA) is 38.3 Å². The third kappa shape index (κ3) is 5.38. The molecule has 0 aromatic heterocycles. The van der Waals surface area contributed by atoms with E-state index in [9.17, 15) is 4.79 Å². The summed E-state index contributed by atoms with van der Waals surface area (Å²) in [6.07, 6.45) is 2.88. The zero-order valence-electron chi connectivity index (χ0n) is 13.5. The monoisotopic (exact) mass is 323 g/mol. The van der Waals surface area contributed by atoms with Crippen LogP contribution >= 0.6 is 11.6 Å². The molecule has 1 atom stereocenters. The van der Waals surface area contributed by atoms with Crippen LogP contribution in [0.15, 0.2) is 24.3 Å². The first-order valence-corrected chi connectivity index (χ1v) is 8.53. The van der Waals surface area contributed by atoms with Crippen LogP contribution in [0.1, 0.15) is 32.3 Å². The first kappa shape index (κ1) is 17.5. The lowest BCUT2D eigenvalue weighted by Gasteiger charge is -2.26. The Morgan fingerprint density at radius 3 is 2.50 bits per heavy atom. The van der Waals surface area contributed by atoms with E-state index in [1.807, 2.05) is 38.1 Å². The molecule has 4 heteroatoms. The maximum absolute atomic E-state index is 12.5. The van der Waals surface area contributed by atoms with E-state index in [1.54, 1.807) is 0 Å². The van der Waals surface area contributed by atoms with Gasteiger partial charge in [0, 0.05) is 24.2 Å². The van der Waals surface area contributed by atoms with E-state index in [4.69, 9.17) is 16.3 Å². The molecule has 0 spiro atoms. The molecular formula is C18H26ClNO2. The van der Waals surface area contributed by atoms with Crippen molar-refractivity contribution in [1.29, 1.82) is 0 Å². The standard InChI is InChI=1S/C18H26ClNO2/c1-13(2)18(21)17(11-14-3-5-16(19)6-4-14)20-12-15-7-9-22-10-8-15/h3-6,13,15,17,20H,7-12H2,1-2H3/t17-/m1/s1. The molecule has 122 valence electrons. The van der Waals surface area contributed by atoms with Crippen LogP contribution in [0.3, 0.4) is 0 Å². The number of benzene rings is 1. The van der Waals surface area contributed by atoms with Crippen LogP contribution < -0.4 is 5.32 Å². The molecule has 0 amide bonds. The van der Waals surface area contributed by atoms with E-state index in [1.165, 1.54) is 0 Å². The Hall–Kier alpha value is -0.900. The molecule has 1 aliphatic rings. The zero-order chi connectivity index (χ0) is 15.9. The molecule has 1 fully saturated rings. The molecule has 1 heterocycles. The van der Waals surface area contributed by atoms with Gasteiger partial charge >= 0.3 is 0 Å². The van der Waals surface area contributed by atoms with E-state index in [2.05, 4.69) is 5.32 Å². The largest absolute Gasteiger partial charge is 0.381 e. The van der Waals surface area contributed by atoms with Crippen molar-refractivity contribution < 1.29 is 9.53 Å². The SMILES string of the molecule is CC(C)C(=O)[C@@H](Cc1ccc(Cl)cc1)NCC1CCOCC1. The molecule has 3 nitrogen and oxygen atoms in total. The van der Waals surface area contributed by atoms with Crippen LogP contribution in [0.25, 0.3) is 0 Å². The lowest BCUT2D eigenvalue weighted by atomic mass is 9.94. The number of rotatable bonds is 7. The van der Waals surface area contributed by atoms with Crippen molar-refractivity contribution in [2.45, 2.75) is 39.2 Å². The van der Waals surface area contributed by atoms with Gasteiger partial charge in [0.05, 0.1) is 6.04 Å². The highest BCUT2D eigenvalue weighted by molar-refractivity contribution is 6.30. The first-order valence-electron chi connectivity index (χ1n) is 8.15. The number of hydrogen-bond donors (Lipinski definition) is 1. The van der Waals surface area contributed by atoms with Gasteiger partial charge in [-0.3, -0.25) is 4.79 Å². The van der Waals surface area contributed by atoms with Crippen molar-refractivity contribution >= 4 is 17.4 Å². The fourth-order valence-corrected chi connectivity index (χ4v) is 2.92. The minimum Gasteiger partial charge on any atom is -0.381 e. The highest BCUT2D eigenvalue weighted by Gasteiger charge is 2.23. The Morgan fingerprint density at radius 2 is 1.91 bits per heavy atom. The Kier molecular flexibility index (Phi) is 6.87. The summed E-state index contributed by atoms with van der Waals surface area (Å²) in [4.78, 5) is 12.5. The molecule has 1 aromatic carbocycles. The van der Waals surface area contributed by atoms with E-state index in [-0.39, 0.29) is 17.7 Å². The molecular weight excluding hydrogens is 298 g/mol. The maximum Gasteiger partial charge on any atom is 0.152 e. The molecule has 0 aliphatic carbocycles. The molecule has 2 rings (SSSR count). The average molecular weight is 324 g/mol. The van der Waals surface area contributed by atoms with Gasteiger partial charge in [-0.15, -0.1) is 0 Å². The second kappa shape index (κ2) is 8.66. The highest BCUT2D eigenvalue weighted by Crippen LogP contribution is 2.16. The second-order valence-electron chi connectivity index (χ2n) is 6.40. The summed E-state index contributed by atoms with van der Waals surface area (Å²) in [5.41, 5.74) is 1.14. The molecule has 0 saturated carbocycles. The summed E-state index contributed by atoms with van der Waals surface area (Å²) >= 11 is 5.93. The van der Waals surface area contributed by atoms with Crippen molar-refractivity contribution in [3.63, 3.8) is 0 Å². The number of carbonyl (C=O) groups is 1. The fourth-order valence-electron chi connectivity index (χ4n) is 2.79. The van der Waals surface area contributed by atoms with E-state index in [0.717, 1.165) is 49.6 Å². The van der Waals surface area contributed by atoms with Crippen LogP contribution in [0.5, 0.6) is 0 Å². The second-order valence-corrected chi connectivity index (χ2v) is 6.84. The number of halogens is 1. The van der Waals surface area contributed by atoms with Crippen LogP contribution in [-0.2, 0) is 16.0 Å². The first-order chi connectivity index (χ1) is 10.6. The lowest BCUT2D eigenvalue weighted by Crippen LogP contribution is -2.43. The van der Waals surface area contributed by atoms with Gasteiger partial charge in [-0.2, -0.15) is 0 Å². The van der Waals surface area contributed by atoms with E-state index >= 15 is 0 Å². The van der Waals surface area contributed by atoms with Crippen molar-refractivity contribution in [2.75, 3.05) is 19.8 Å². The number of ketones is 1. The quantitative estimate of drug-likeness (QED) is 0.834. The Labute approximate surface area is 138 Å². The van der Waals surface area contributed by atoms with Gasteiger partial charge < -0.3 is 10.1 Å². The molecule has 1 aliphatic heterocycles. The zero-order valence-corrected chi connectivity index (χ0v) is 14.2. The van der Waals surface area contributed by atoms with Gasteiger partial charge in [0.1, 0.15) is 0 Å². The highest BCUT2D eigenvalue weighted by atomic mass is 35.5. The van der Waals surface area contributed by atoms with E-state index < -0.39 is 0 Å². The third-order valence-corrected chi connectivity index (χ3v) is 4.51. The van der Waals surface area contributed by atoms with Gasteiger partial charge in [0.25, 0.3) is 0 Å². The molecule has 0 radical (unpaired) electrons. The minimum absolute atomic E-state index is 0.0412. The van der Waals surface area contributed by atoms with Gasteiger partial charge in [-0.1, -0.05) is 37.6 Å². The molecule has 22 heavy (non-hydrogen) atoms. The van der Waals surface area contributed by atoms with Gasteiger partial charge in [-0.05, 0) is 49.4 Å². The normalized spacial score (nSPS) is 17.6. The molecule has 1 saturated heterocycles. The number of carbonyl (C=O) groups excluding carboxylic acids is 1. The minimum atomic E-state index is -0.121. The Bertz CT molecular complexity index is 466. The number of nitrogens with one attached hydrogen (secondary N) is 1. The van der Waals surface area contributed by atoms with Crippen molar-refractivity contribution in [3.05, 3.63) is 34.9 Å². The summed E-state index contributed by atoms with van der Waals surface area (Å²) in [5.74, 6) is 0.933. The number of hydrogen-bond acceptors (Lipinski definition) is 3. The number of ether oxygens (including phenoxy) is 1. The van der Waals surface area contributed by atoms with E-state index in [0.29, 0.717) is 5.92 Å². The predicted octanol–water partition coefficient (Wildman–Crippen LogP) is 3.49. The van der Waals surface area contributed by atoms with Crippen LogP contribution in [0.4, 0.5) is 0 Å². The smallest absolute Gasteiger partial charge is 0.152 e. The third-order valence-electron chi connectivity index (χ3n) is 4.26.